The Bertz CT molecular complexity index is 587. The lowest BCUT2D eigenvalue weighted by Crippen LogP contribution is -2.19. The zero-order valence-electron chi connectivity index (χ0n) is 11.5. The summed E-state index contributed by atoms with van der Waals surface area (Å²) in [4.78, 5) is 11.7. The number of aromatic nitrogens is 1. The van der Waals surface area contributed by atoms with Crippen molar-refractivity contribution in [1.82, 2.24) is 9.88 Å². The highest BCUT2D eigenvalue weighted by molar-refractivity contribution is 5.96. The van der Waals surface area contributed by atoms with Gasteiger partial charge in [-0.05, 0) is 36.2 Å². The fourth-order valence-corrected chi connectivity index (χ4v) is 2.07. The Morgan fingerprint density at radius 2 is 2.11 bits per heavy atom. The molecule has 2 N–H and O–H groups in total. The van der Waals surface area contributed by atoms with Crippen LogP contribution in [0.25, 0.3) is 0 Å². The molecule has 0 fully saturated rings. The number of anilines is 1. The molecule has 4 heteroatoms. The number of carbonyl (C=O) groups excluding carboxylic acids is 1. The van der Waals surface area contributed by atoms with Crippen molar-refractivity contribution in [1.29, 1.82) is 0 Å². The monoisotopic (exact) mass is 257 g/mol. The molecule has 1 amide bonds. The number of amides is 1. The fraction of sp³-hybridized carbons (Fsp3) is 0.267. The second kappa shape index (κ2) is 5.61. The first-order valence-electron chi connectivity index (χ1n) is 6.28. The maximum atomic E-state index is 11.7. The zero-order chi connectivity index (χ0) is 13.8. The highest BCUT2D eigenvalue weighted by Gasteiger charge is 2.09. The molecule has 0 unspecified atom stereocenters. The first kappa shape index (κ1) is 13.2. The molecule has 1 aromatic carbocycles. The average Bonchev–Trinajstić information content (AvgIpc) is 2.82. The Kier molecular flexibility index (Phi) is 3.90. The Morgan fingerprint density at radius 1 is 1.32 bits per heavy atom. The van der Waals surface area contributed by atoms with E-state index in [0.29, 0.717) is 5.56 Å². The number of benzene rings is 1. The van der Waals surface area contributed by atoms with Crippen LogP contribution >= 0.6 is 0 Å². The molecule has 0 saturated heterocycles. The number of nitrogens with zero attached hydrogens (tertiary/aromatic N) is 1. The van der Waals surface area contributed by atoms with Crippen molar-refractivity contribution < 1.29 is 4.79 Å². The van der Waals surface area contributed by atoms with E-state index >= 15 is 0 Å². The van der Waals surface area contributed by atoms with E-state index in [0.717, 1.165) is 17.8 Å². The number of hydrogen-bond acceptors (Lipinski definition) is 2. The number of hydrogen-bond donors (Lipinski definition) is 2. The Balaban J connectivity index is 2.14. The van der Waals surface area contributed by atoms with E-state index in [-0.39, 0.29) is 5.91 Å². The lowest BCUT2D eigenvalue weighted by molar-refractivity contribution is 0.0962. The van der Waals surface area contributed by atoms with Gasteiger partial charge in [0.25, 0.3) is 5.91 Å². The minimum atomic E-state index is -0.0548. The molecule has 0 aliphatic carbocycles. The predicted molar refractivity (Wildman–Crippen MR) is 77.3 cm³/mol. The van der Waals surface area contributed by atoms with Gasteiger partial charge in [0, 0.05) is 44.3 Å². The molecular formula is C15H19N3O. The van der Waals surface area contributed by atoms with Crippen LogP contribution in [0.4, 0.5) is 5.69 Å². The summed E-state index contributed by atoms with van der Waals surface area (Å²) < 4.78 is 2.02. The molecule has 1 aromatic heterocycles. The summed E-state index contributed by atoms with van der Waals surface area (Å²) in [6, 6.07) is 7.79. The summed E-state index contributed by atoms with van der Waals surface area (Å²) in [6.07, 6.45) is 4.09. The SMILES string of the molecule is CNC(=O)c1cccc(NCc2ccn(C)c2)c1C. The van der Waals surface area contributed by atoms with Crippen LogP contribution in [0.3, 0.4) is 0 Å². The van der Waals surface area contributed by atoms with Crippen molar-refractivity contribution in [3.63, 3.8) is 0 Å². The van der Waals surface area contributed by atoms with E-state index in [2.05, 4.69) is 22.9 Å². The molecule has 0 aliphatic rings. The third-order valence-corrected chi connectivity index (χ3v) is 3.18. The highest BCUT2D eigenvalue weighted by Crippen LogP contribution is 2.19. The summed E-state index contributed by atoms with van der Waals surface area (Å²) in [5.74, 6) is -0.0548. The fourth-order valence-electron chi connectivity index (χ4n) is 2.07. The minimum absolute atomic E-state index is 0.0548. The molecule has 19 heavy (non-hydrogen) atoms. The van der Waals surface area contributed by atoms with Gasteiger partial charge in [0.05, 0.1) is 0 Å². The molecule has 2 aromatic rings. The smallest absolute Gasteiger partial charge is 0.251 e. The molecule has 0 aliphatic heterocycles. The maximum absolute atomic E-state index is 11.7. The minimum Gasteiger partial charge on any atom is -0.381 e. The van der Waals surface area contributed by atoms with Gasteiger partial charge in [0.1, 0.15) is 0 Å². The molecule has 100 valence electrons. The van der Waals surface area contributed by atoms with Crippen LogP contribution in [0.1, 0.15) is 21.5 Å². The largest absolute Gasteiger partial charge is 0.381 e. The van der Waals surface area contributed by atoms with Gasteiger partial charge in [-0.25, -0.2) is 0 Å². The average molecular weight is 257 g/mol. The molecule has 0 radical (unpaired) electrons. The lowest BCUT2D eigenvalue weighted by Gasteiger charge is -2.12. The van der Waals surface area contributed by atoms with Gasteiger partial charge < -0.3 is 15.2 Å². The summed E-state index contributed by atoms with van der Waals surface area (Å²) in [5, 5.41) is 6.02. The molecule has 0 atom stereocenters. The van der Waals surface area contributed by atoms with Crippen LogP contribution < -0.4 is 10.6 Å². The first-order chi connectivity index (χ1) is 9.11. The first-order valence-corrected chi connectivity index (χ1v) is 6.28. The van der Waals surface area contributed by atoms with Gasteiger partial charge >= 0.3 is 0 Å². The molecule has 0 saturated carbocycles. The van der Waals surface area contributed by atoms with E-state index in [1.165, 1.54) is 5.56 Å². The van der Waals surface area contributed by atoms with Gasteiger partial charge in [-0.1, -0.05) is 6.07 Å². The van der Waals surface area contributed by atoms with E-state index in [9.17, 15) is 4.79 Å². The maximum Gasteiger partial charge on any atom is 0.251 e. The summed E-state index contributed by atoms with van der Waals surface area (Å²) in [7, 11) is 3.65. The van der Waals surface area contributed by atoms with Gasteiger partial charge in [-0.15, -0.1) is 0 Å². The van der Waals surface area contributed by atoms with Crippen LogP contribution in [0, 0.1) is 6.92 Å². The van der Waals surface area contributed by atoms with Crippen molar-refractivity contribution in [3.8, 4) is 0 Å². The molecule has 0 bridgehead atoms. The van der Waals surface area contributed by atoms with Crippen molar-refractivity contribution in [2.24, 2.45) is 7.05 Å². The molecular weight excluding hydrogens is 238 g/mol. The van der Waals surface area contributed by atoms with Crippen molar-refractivity contribution in [2.45, 2.75) is 13.5 Å². The summed E-state index contributed by atoms with van der Waals surface area (Å²) in [5.41, 5.74) is 3.88. The lowest BCUT2D eigenvalue weighted by atomic mass is 10.1. The zero-order valence-corrected chi connectivity index (χ0v) is 11.5. The van der Waals surface area contributed by atoms with E-state index in [1.54, 1.807) is 7.05 Å². The normalized spacial score (nSPS) is 10.3. The topological polar surface area (TPSA) is 46.1 Å². The van der Waals surface area contributed by atoms with Crippen molar-refractivity contribution in [2.75, 3.05) is 12.4 Å². The molecule has 4 nitrogen and oxygen atoms in total. The van der Waals surface area contributed by atoms with Crippen LogP contribution in [0.5, 0.6) is 0 Å². The Labute approximate surface area is 113 Å². The van der Waals surface area contributed by atoms with Crippen LogP contribution in [-0.4, -0.2) is 17.5 Å². The van der Waals surface area contributed by atoms with Gasteiger partial charge in [-0.3, -0.25) is 4.79 Å². The van der Waals surface area contributed by atoms with E-state index in [1.807, 2.05) is 42.9 Å². The third kappa shape index (κ3) is 2.96. The second-order valence-corrected chi connectivity index (χ2v) is 4.60. The summed E-state index contributed by atoms with van der Waals surface area (Å²) in [6.45, 7) is 2.71. The van der Waals surface area contributed by atoms with Crippen molar-refractivity contribution in [3.05, 3.63) is 53.3 Å². The number of carbonyl (C=O) groups is 1. The Hall–Kier alpha value is -2.23. The number of nitrogens with one attached hydrogen (secondary N) is 2. The molecule has 1 heterocycles. The Morgan fingerprint density at radius 3 is 2.74 bits per heavy atom. The predicted octanol–water partition coefficient (Wildman–Crippen LogP) is 2.31. The van der Waals surface area contributed by atoms with Gasteiger partial charge in [0.15, 0.2) is 0 Å². The summed E-state index contributed by atoms with van der Waals surface area (Å²) >= 11 is 0. The third-order valence-electron chi connectivity index (χ3n) is 3.18. The van der Waals surface area contributed by atoms with Gasteiger partial charge in [0.2, 0.25) is 0 Å². The number of rotatable bonds is 4. The quantitative estimate of drug-likeness (QED) is 0.883. The van der Waals surface area contributed by atoms with Crippen LogP contribution in [-0.2, 0) is 13.6 Å². The van der Waals surface area contributed by atoms with E-state index < -0.39 is 0 Å². The standard InChI is InChI=1S/C15H19N3O/c1-11-13(15(19)16-2)5-4-6-14(11)17-9-12-7-8-18(3)10-12/h4-8,10,17H,9H2,1-3H3,(H,16,19). The van der Waals surface area contributed by atoms with Gasteiger partial charge in [-0.2, -0.15) is 0 Å². The highest BCUT2D eigenvalue weighted by atomic mass is 16.1. The van der Waals surface area contributed by atoms with Crippen molar-refractivity contribution >= 4 is 11.6 Å². The number of aryl methyl sites for hydroxylation is 1. The molecule has 0 spiro atoms. The van der Waals surface area contributed by atoms with Crippen LogP contribution in [0.15, 0.2) is 36.7 Å². The second-order valence-electron chi connectivity index (χ2n) is 4.60. The van der Waals surface area contributed by atoms with Crippen LogP contribution in [0.2, 0.25) is 0 Å². The van der Waals surface area contributed by atoms with E-state index in [4.69, 9.17) is 0 Å². The molecule has 2 rings (SSSR count).